The first-order valence-corrected chi connectivity index (χ1v) is 22.3. The fourth-order valence-corrected chi connectivity index (χ4v) is 13.0. The topological polar surface area (TPSA) is 84.6 Å². The van der Waals surface area contributed by atoms with Gasteiger partial charge in [0, 0.05) is 72.1 Å². The summed E-state index contributed by atoms with van der Waals surface area (Å²) in [6.45, 7) is 10.5. The monoisotopic (exact) mass is 850 g/mol. The molecule has 6 aromatic rings. The Labute approximate surface area is 356 Å². The molecule has 2 aliphatic heterocycles. The molecule has 59 heavy (non-hydrogen) atoms. The number of fused-ring (bicyclic) bond motifs is 4. The third-order valence-electron chi connectivity index (χ3n) is 10.8. The van der Waals surface area contributed by atoms with Crippen LogP contribution in [0.2, 0.25) is 0 Å². The lowest BCUT2D eigenvalue weighted by Gasteiger charge is -2.12. The molecule has 0 saturated carbocycles. The fourth-order valence-electron chi connectivity index (χ4n) is 7.90. The molecule has 0 fully saturated rings. The summed E-state index contributed by atoms with van der Waals surface area (Å²) in [6.07, 6.45) is 4.54. The summed E-state index contributed by atoms with van der Waals surface area (Å²) in [7, 11) is 3.97. The van der Waals surface area contributed by atoms with Crippen LogP contribution in [0, 0.1) is 6.92 Å². The first-order chi connectivity index (χ1) is 28.6. The summed E-state index contributed by atoms with van der Waals surface area (Å²) in [5.74, 6) is 0.0412. The minimum atomic E-state index is -0.0664. The second-order valence-electron chi connectivity index (χ2n) is 14.5. The number of hydrogen-bond acceptors (Lipinski definition) is 10. The normalized spacial score (nSPS) is 18.7. The van der Waals surface area contributed by atoms with E-state index >= 15 is 0 Å². The van der Waals surface area contributed by atoms with Crippen LogP contribution in [0.4, 0.5) is 11.4 Å². The second kappa shape index (κ2) is 15.5. The van der Waals surface area contributed by atoms with Gasteiger partial charge >= 0.3 is 0 Å². The average molecular weight is 851 g/mol. The van der Waals surface area contributed by atoms with E-state index in [4.69, 9.17) is 0 Å². The van der Waals surface area contributed by atoms with Crippen LogP contribution >= 0.6 is 46.2 Å². The maximum absolute atomic E-state index is 13.4. The molecular formula is C47H38N4O4S4. The van der Waals surface area contributed by atoms with Crippen LogP contribution in [0.3, 0.4) is 0 Å². The van der Waals surface area contributed by atoms with Gasteiger partial charge in [0.15, 0.2) is 11.6 Å². The Hall–Kier alpha value is -5.66. The Morgan fingerprint density at radius 2 is 1.05 bits per heavy atom. The summed E-state index contributed by atoms with van der Waals surface area (Å²) < 4.78 is 6.21. The van der Waals surface area contributed by atoms with Crippen molar-refractivity contribution in [3.63, 3.8) is 0 Å². The molecule has 2 aromatic heterocycles. The number of anilines is 2. The molecule has 0 amide bonds. The number of carbonyl (C=O) groups is 2. The number of aromatic nitrogens is 2. The van der Waals surface area contributed by atoms with Crippen molar-refractivity contribution in [3.05, 3.63) is 183 Å². The van der Waals surface area contributed by atoms with E-state index in [0.717, 1.165) is 62.8 Å². The van der Waals surface area contributed by atoms with Crippen LogP contribution in [-0.2, 0) is 25.9 Å². The molecule has 294 valence electrons. The van der Waals surface area contributed by atoms with E-state index in [0.29, 0.717) is 46.1 Å². The third kappa shape index (κ3) is 6.55. The van der Waals surface area contributed by atoms with Crippen molar-refractivity contribution in [2.75, 3.05) is 23.9 Å². The smallest absolute Gasteiger partial charge is 0.272 e. The molecule has 4 heterocycles. The van der Waals surface area contributed by atoms with Crippen molar-refractivity contribution in [2.45, 2.75) is 42.6 Å². The molecule has 0 N–H and O–H groups in total. The predicted molar refractivity (Wildman–Crippen MR) is 245 cm³/mol. The second-order valence-corrected chi connectivity index (χ2v) is 18.6. The van der Waals surface area contributed by atoms with Crippen molar-refractivity contribution < 1.29 is 9.59 Å². The number of rotatable bonds is 4. The summed E-state index contributed by atoms with van der Waals surface area (Å²) in [6, 6.07) is 29.8. The van der Waals surface area contributed by atoms with Gasteiger partial charge < -0.3 is 9.80 Å². The molecule has 2 aliphatic carbocycles. The molecule has 0 spiro atoms. The number of thiazole rings is 2. The van der Waals surface area contributed by atoms with Crippen LogP contribution in [-0.4, -0.2) is 34.8 Å². The molecule has 0 unspecified atom stereocenters. The SMILES string of the molecule is C=CCn1c(=O)/c(=C2\Sc3cc(C)ccc3N2C)s/c1=C1/Cc2ccccc2C1=O.C=CCn1c(=O)/c(=C2\Sc3ccccc3N2C)s/c1=C1/Cc2ccccc2C1=O. The highest BCUT2D eigenvalue weighted by molar-refractivity contribution is 8.09. The molecular weight excluding hydrogens is 813 g/mol. The minimum absolute atomic E-state index is 0.0203. The zero-order chi connectivity index (χ0) is 41.1. The summed E-state index contributed by atoms with van der Waals surface area (Å²) in [5.41, 5.74) is 8.17. The number of ketones is 2. The fraction of sp³-hybridized carbons (Fsp3) is 0.149. The lowest BCUT2D eigenvalue weighted by atomic mass is 10.1. The number of para-hydroxylation sites is 1. The Morgan fingerprint density at radius 3 is 1.54 bits per heavy atom. The maximum atomic E-state index is 13.4. The first-order valence-electron chi connectivity index (χ1n) is 19.0. The molecule has 4 aliphatic rings. The van der Waals surface area contributed by atoms with Crippen molar-refractivity contribution in [2.24, 2.45) is 0 Å². The number of Topliss-reactive ketones (excluding diaryl/α,β-unsaturated/α-hetero) is 2. The van der Waals surface area contributed by atoms with E-state index in [1.54, 1.807) is 44.8 Å². The highest BCUT2D eigenvalue weighted by Gasteiger charge is 2.31. The third-order valence-corrected chi connectivity index (χ3v) is 16.0. The van der Waals surface area contributed by atoms with Gasteiger partial charge in [-0.05, 0) is 47.9 Å². The standard InChI is InChI=1S/C24H20N2O2S2.C23H18N2O2S2/c1-4-11-26-22(28)21(24-25(3)18-10-9-14(2)12-19(18)29-24)30-23(26)17-13-15-7-5-6-8-16(15)20(17)27;1-3-12-25-21(27)20(23-24(2)17-10-6-7-11-18(17)28-23)29-22(25)16-13-14-8-4-5-9-15(14)19(16)26/h4-10,12H,1,11,13H2,2-3H3;3-11H,1,12-13H2,2H3/b23-17-,24-21+;22-16-,23-20+. The zero-order valence-electron chi connectivity index (χ0n) is 32.6. The zero-order valence-corrected chi connectivity index (χ0v) is 35.9. The van der Waals surface area contributed by atoms with E-state index in [1.807, 2.05) is 74.8 Å². The molecule has 0 bridgehead atoms. The number of aryl methyl sites for hydroxylation is 1. The van der Waals surface area contributed by atoms with Crippen molar-refractivity contribution >= 4 is 90.3 Å². The number of thioether (sulfide) groups is 2. The van der Waals surface area contributed by atoms with E-state index in [2.05, 4.69) is 60.2 Å². The largest absolute Gasteiger partial charge is 0.337 e. The van der Waals surface area contributed by atoms with Crippen LogP contribution in [0.25, 0.3) is 21.2 Å². The number of nitrogens with zero attached hydrogens (tertiary/aromatic N) is 4. The van der Waals surface area contributed by atoms with Gasteiger partial charge in [0.25, 0.3) is 11.1 Å². The number of hydrogen-bond donors (Lipinski definition) is 0. The molecule has 10 rings (SSSR count). The Balaban J connectivity index is 0.000000152. The Kier molecular flexibility index (Phi) is 10.2. The molecule has 0 radical (unpaired) electrons. The van der Waals surface area contributed by atoms with Gasteiger partial charge in [-0.2, -0.15) is 0 Å². The maximum Gasteiger partial charge on any atom is 0.272 e. The van der Waals surface area contributed by atoms with E-state index in [1.165, 1.54) is 28.2 Å². The minimum Gasteiger partial charge on any atom is -0.337 e. The van der Waals surface area contributed by atoms with Crippen molar-refractivity contribution in [3.8, 4) is 0 Å². The van der Waals surface area contributed by atoms with Crippen LogP contribution < -0.4 is 39.3 Å². The number of carbonyl (C=O) groups excluding carboxylic acids is 2. The van der Waals surface area contributed by atoms with Gasteiger partial charge in [-0.3, -0.25) is 28.3 Å². The van der Waals surface area contributed by atoms with Crippen molar-refractivity contribution in [1.82, 2.24) is 9.13 Å². The van der Waals surface area contributed by atoms with Gasteiger partial charge in [0.1, 0.15) is 28.4 Å². The molecule has 4 aromatic carbocycles. The summed E-state index contributed by atoms with van der Waals surface area (Å²) in [4.78, 5) is 59.3. The van der Waals surface area contributed by atoms with Gasteiger partial charge in [0.2, 0.25) is 0 Å². The van der Waals surface area contributed by atoms with Gasteiger partial charge in [-0.25, -0.2) is 0 Å². The lowest BCUT2D eigenvalue weighted by Crippen LogP contribution is -2.34. The molecule has 12 heteroatoms. The average Bonchev–Trinajstić information content (AvgIpc) is 4.07. The first kappa shape index (κ1) is 38.8. The van der Waals surface area contributed by atoms with Crippen LogP contribution in [0.15, 0.2) is 136 Å². The summed E-state index contributed by atoms with van der Waals surface area (Å²) >= 11 is 6.05. The molecule has 0 saturated heterocycles. The number of allylic oxidation sites excluding steroid dienone is 2. The number of benzene rings is 4. The quantitative estimate of drug-likeness (QED) is 0.192. The highest BCUT2D eigenvalue weighted by atomic mass is 32.2. The predicted octanol–water partition coefficient (Wildman–Crippen LogP) is 6.30. The lowest BCUT2D eigenvalue weighted by molar-refractivity contribution is 0.105. The van der Waals surface area contributed by atoms with Crippen LogP contribution in [0.1, 0.15) is 37.4 Å². The van der Waals surface area contributed by atoms with Crippen LogP contribution in [0.5, 0.6) is 0 Å². The molecule has 0 atom stereocenters. The molecule has 8 nitrogen and oxygen atoms in total. The van der Waals surface area contributed by atoms with Gasteiger partial charge in [0.05, 0.1) is 11.4 Å². The van der Waals surface area contributed by atoms with E-state index < -0.39 is 0 Å². The Bertz CT molecular complexity index is 3200. The highest BCUT2D eigenvalue weighted by Crippen LogP contribution is 2.46. The van der Waals surface area contributed by atoms with Crippen molar-refractivity contribution in [1.29, 1.82) is 0 Å². The Morgan fingerprint density at radius 1 is 0.593 bits per heavy atom. The van der Waals surface area contributed by atoms with E-state index in [-0.39, 0.29) is 22.7 Å². The van der Waals surface area contributed by atoms with Gasteiger partial charge in [-0.15, -0.1) is 35.8 Å². The summed E-state index contributed by atoms with van der Waals surface area (Å²) in [5, 5.41) is 1.83. The van der Waals surface area contributed by atoms with E-state index in [9.17, 15) is 19.2 Å². The van der Waals surface area contributed by atoms with Gasteiger partial charge in [-0.1, -0.05) is 102 Å².